The molecule has 1 aliphatic rings. The number of nitrogens with zero attached hydrogens (tertiary/aromatic N) is 4. The van der Waals surface area contributed by atoms with E-state index in [2.05, 4.69) is 20.4 Å². The largest absolute Gasteiger partial charge is 0.376 e. The van der Waals surface area contributed by atoms with E-state index in [1.54, 1.807) is 23.1 Å². The van der Waals surface area contributed by atoms with Crippen LogP contribution in [0.1, 0.15) is 22.5 Å². The number of ether oxygens (including phenoxy) is 1. The Morgan fingerprint density at radius 1 is 1.28 bits per heavy atom. The summed E-state index contributed by atoms with van der Waals surface area (Å²) in [7, 11) is 0. The van der Waals surface area contributed by atoms with Gasteiger partial charge in [0.25, 0.3) is 5.91 Å². The summed E-state index contributed by atoms with van der Waals surface area (Å²) in [4.78, 5) is 21.9. The molecule has 5 heterocycles. The maximum atomic E-state index is 12.5. The molecular formula is C21H19N5O2S. The summed E-state index contributed by atoms with van der Waals surface area (Å²) in [5.41, 5.74) is 4.52. The van der Waals surface area contributed by atoms with Gasteiger partial charge in [-0.25, -0.2) is 9.50 Å². The third-order valence-corrected chi connectivity index (χ3v) is 5.93. The highest BCUT2D eigenvalue weighted by atomic mass is 32.1. The fourth-order valence-electron chi connectivity index (χ4n) is 3.46. The SMILES string of the molecule is O=C(NCC1CCCO1)c1cc(-c2cnn3cc(-c4cccnc4)cnc23)cs1. The number of pyridine rings is 1. The zero-order valence-corrected chi connectivity index (χ0v) is 16.4. The summed E-state index contributed by atoms with van der Waals surface area (Å²) in [6.45, 7) is 1.34. The maximum Gasteiger partial charge on any atom is 0.261 e. The van der Waals surface area contributed by atoms with Gasteiger partial charge in [-0.3, -0.25) is 9.78 Å². The van der Waals surface area contributed by atoms with Crippen molar-refractivity contribution in [2.75, 3.05) is 13.2 Å². The van der Waals surface area contributed by atoms with Crippen LogP contribution in [0.4, 0.5) is 0 Å². The molecule has 1 amide bonds. The summed E-state index contributed by atoms with van der Waals surface area (Å²) in [6.07, 6.45) is 11.3. The lowest BCUT2D eigenvalue weighted by Gasteiger charge is -2.09. The molecule has 8 heteroatoms. The van der Waals surface area contributed by atoms with Crippen molar-refractivity contribution in [3.63, 3.8) is 0 Å². The van der Waals surface area contributed by atoms with Gasteiger partial charge in [0.15, 0.2) is 5.65 Å². The van der Waals surface area contributed by atoms with Gasteiger partial charge in [-0.15, -0.1) is 11.3 Å². The topological polar surface area (TPSA) is 81.4 Å². The van der Waals surface area contributed by atoms with Gasteiger partial charge in [-0.1, -0.05) is 6.07 Å². The van der Waals surface area contributed by atoms with E-state index in [9.17, 15) is 4.79 Å². The number of aromatic nitrogens is 4. The lowest BCUT2D eigenvalue weighted by Crippen LogP contribution is -2.31. The quantitative estimate of drug-likeness (QED) is 0.550. The second-order valence-corrected chi connectivity index (χ2v) is 7.87. The first-order valence-corrected chi connectivity index (χ1v) is 10.4. The minimum absolute atomic E-state index is 0.0694. The Balaban J connectivity index is 1.36. The van der Waals surface area contributed by atoms with Crippen molar-refractivity contribution in [1.29, 1.82) is 0 Å². The number of nitrogens with one attached hydrogen (secondary N) is 1. The van der Waals surface area contributed by atoms with Crippen LogP contribution in [0.15, 0.2) is 54.6 Å². The van der Waals surface area contributed by atoms with E-state index in [-0.39, 0.29) is 12.0 Å². The highest BCUT2D eigenvalue weighted by molar-refractivity contribution is 7.12. The Kier molecular flexibility index (Phi) is 4.79. The van der Waals surface area contributed by atoms with Crippen molar-refractivity contribution >= 4 is 22.9 Å². The van der Waals surface area contributed by atoms with Gasteiger partial charge in [-0.2, -0.15) is 5.10 Å². The minimum atomic E-state index is -0.0694. The predicted molar refractivity (Wildman–Crippen MR) is 111 cm³/mol. The summed E-state index contributed by atoms with van der Waals surface area (Å²) in [5, 5.41) is 9.38. The Morgan fingerprint density at radius 3 is 3.07 bits per heavy atom. The molecule has 5 rings (SSSR count). The molecule has 1 unspecified atom stereocenters. The number of hydrogen-bond acceptors (Lipinski definition) is 6. The van der Waals surface area contributed by atoms with Crippen LogP contribution in [-0.4, -0.2) is 44.7 Å². The maximum absolute atomic E-state index is 12.5. The molecule has 29 heavy (non-hydrogen) atoms. The number of carbonyl (C=O) groups is 1. The average molecular weight is 405 g/mol. The number of rotatable bonds is 5. The van der Waals surface area contributed by atoms with Gasteiger partial charge < -0.3 is 10.1 Å². The van der Waals surface area contributed by atoms with Crippen LogP contribution >= 0.6 is 11.3 Å². The normalized spacial score (nSPS) is 16.3. The van der Waals surface area contributed by atoms with Crippen LogP contribution < -0.4 is 5.32 Å². The number of hydrogen-bond donors (Lipinski definition) is 1. The summed E-state index contributed by atoms with van der Waals surface area (Å²) >= 11 is 1.42. The molecule has 4 aromatic rings. The molecule has 0 radical (unpaired) electrons. The van der Waals surface area contributed by atoms with Gasteiger partial charge in [-0.05, 0) is 35.9 Å². The Bertz CT molecular complexity index is 1150. The van der Waals surface area contributed by atoms with Gasteiger partial charge >= 0.3 is 0 Å². The Morgan fingerprint density at radius 2 is 2.24 bits per heavy atom. The van der Waals surface area contributed by atoms with Crippen molar-refractivity contribution in [3.05, 3.63) is 59.4 Å². The van der Waals surface area contributed by atoms with E-state index >= 15 is 0 Å². The molecule has 4 aromatic heterocycles. The molecule has 7 nitrogen and oxygen atoms in total. The molecular weight excluding hydrogens is 386 g/mol. The first-order chi connectivity index (χ1) is 14.3. The second kappa shape index (κ2) is 7.73. The summed E-state index contributed by atoms with van der Waals surface area (Å²) in [6, 6.07) is 5.77. The van der Waals surface area contributed by atoms with Crippen LogP contribution in [0.2, 0.25) is 0 Å². The summed E-state index contributed by atoms with van der Waals surface area (Å²) in [5.74, 6) is -0.0694. The van der Waals surface area contributed by atoms with Crippen molar-refractivity contribution in [2.45, 2.75) is 18.9 Å². The monoisotopic (exact) mass is 405 g/mol. The molecule has 0 saturated carbocycles. The molecule has 0 spiro atoms. The lowest BCUT2D eigenvalue weighted by atomic mass is 10.1. The van der Waals surface area contributed by atoms with Crippen molar-refractivity contribution in [3.8, 4) is 22.3 Å². The zero-order chi connectivity index (χ0) is 19.6. The van der Waals surface area contributed by atoms with E-state index < -0.39 is 0 Å². The lowest BCUT2D eigenvalue weighted by molar-refractivity contribution is 0.0861. The Hall–Kier alpha value is -3.10. The molecule has 1 atom stereocenters. The zero-order valence-electron chi connectivity index (χ0n) is 15.6. The van der Waals surface area contributed by atoms with Crippen LogP contribution in [-0.2, 0) is 4.74 Å². The fraction of sp³-hybridized carbons (Fsp3) is 0.238. The molecule has 1 N–H and O–H groups in total. The molecule has 0 aromatic carbocycles. The van der Waals surface area contributed by atoms with Gasteiger partial charge in [0, 0.05) is 54.6 Å². The van der Waals surface area contributed by atoms with Crippen molar-refractivity contribution in [1.82, 2.24) is 24.9 Å². The second-order valence-electron chi connectivity index (χ2n) is 6.96. The fourth-order valence-corrected chi connectivity index (χ4v) is 4.28. The number of carbonyl (C=O) groups excluding carboxylic acids is 1. The van der Waals surface area contributed by atoms with Crippen molar-refractivity contribution in [2.24, 2.45) is 0 Å². The van der Waals surface area contributed by atoms with Gasteiger partial charge in [0.05, 0.1) is 17.2 Å². The molecule has 146 valence electrons. The number of fused-ring (bicyclic) bond motifs is 1. The van der Waals surface area contributed by atoms with Crippen molar-refractivity contribution < 1.29 is 9.53 Å². The Labute approximate surface area is 171 Å². The third kappa shape index (κ3) is 3.64. The standard InChI is InChI=1S/C21H19N5O2S/c27-21(24-10-17-4-2-6-28-17)19-7-15(13-29-19)18-11-25-26-12-16(9-23-20(18)26)14-3-1-5-22-8-14/h1,3,5,7-9,11-13,17H,2,4,6,10H2,(H,24,27). The molecule has 0 bridgehead atoms. The first-order valence-electron chi connectivity index (χ1n) is 9.50. The van der Waals surface area contributed by atoms with Gasteiger partial charge in [0.2, 0.25) is 0 Å². The van der Waals surface area contributed by atoms with Crippen LogP contribution in [0, 0.1) is 0 Å². The van der Waals surface area contributed by atoms with Crippen LogP contribution in [0.5, 0.6) is 0 Å². The number of thiophene rings is 1. The number of amides is 1. The third-order valence-electron chi connectivity index (χ3n) is 5.00. The van der Waals surface area contributed by atoms with Gasteiger partial charge in [0.1, 0.15) is 0 Å². The van der Waals surface area contributed by atoms with Crippen LogP contribution in [0.25, 0.3) is 27.9 Å². The molecule has 1 saturated heterocycles. The first kappa shape index (κ1) is 18.0. The van der Waals surface area contributed by atoms with E-state index in [0.29, 0.717) is 11.4 Å². The molecule has 1 aliphatic heterocycles. The highest BCUT2D eigenvalue weighted by Crippen LogP contribution is 2.29. The molecule has 1 fully saturated rings. The van der Waals surface area contributed by atoms with E-state index in [1.165, 1.54) is 11.3 Å². The van der Waals surface area contributed by atoms with E-state index in [4.69, 9.17) is 4.74 Å². The van der Waals surface area contributed by atoms with Crippen LogP contribution in [0.3, 0.4) is 0 Å². The molecule has 0 aliphatic carbocycles. The summed E-state index contributed by atoms with van der Waals surface area (Å²) < 4.78 is 7.32. The van der Waals surface area contributed by atoms with E-state index in [0.717, 1.165) is 47.3 Å². The predicted octanol–water partition coefficient (Wildman–Crippen LogP) is 3.43. The highest BCUT2D eigenvalue weighted by Gasteiger charge is 2.18. The average Bonchev–Trinajstić information content (AvgIpc) is 3.52. The smallest absolute Gasteiger partial charge is 0.261 e. The minimum Gasteiger partial charge on any atom is -0.376 e. The van der Waals surface area contributed by atoms with E-state index in [1.807, 2.05) is 36.0 Å².